The minimum absolute atomic E-state index is 0.0152. The van der Waals surface area contributed by atoms with Gasteiger partial charge in [0.25, 0.3) is 0 Å². The number of ether oxygens (including phenoxy) is 2. The fourth-order valence-corrected chi connectivity index (χ4v) is 3.86. The number of thioether (sulfide) groups is 1. The summed E-state index contributed by atoms with van der Waals surface area (Å²) in [7, 11) is 0. The molecule has 2 aromatic rings. The maximum Gasteiger partial charge on any atom is 0.230 e. The van der Waals surface area contributed by atoms with E-state index in [2.05, 4.69) is 20.1 Å². The van der Waals surface area contributed by atoms with Gasteiger partial charge in [0, 0.05) is 12.0 Å². The molecule has 1 amide bonds. The summed E-state index contributed by atoms with van der Waals surface area (Å²) in [6, 6.07) is 8.02. The van der Waals surface area contributed by atoms with Gasteiger partial charge in [0.1, 0.15) is 23.9 Å². The molecule has 2 saturated carbocycles. The Kier molecular flexibility index (Phi) is 6.04. The Morgan fingerprint density at radius 3 is 2.50 bits per heavy atom. The summed E-state index contributed by atoms with van der Waals surface area (Å²) < 4.78 is 13.3. The van der Waals surface area contributed by atoms with Crippen molar-refractivity contribution in [3.05, 3.63) is 30.1 Å². The molecule has 1 N–H and O–H groups in total. The lowest BCUT2D eigenvalue weighted by Crippen LogP contribution is -2.29. The van der Waals surface area contributed by atoms with Gasteiger partial charge >= 0.3 is 0 Å². The van der Waals surface area contributed by atoms with Crippen LogP contribution in [0.5, 0.6) is 11.5 Å². The van der Waals surface area contributed by atoms with Gasteiger partial charge in [0.15, 0.2) is 5.16 Å². The highest BCUT2D eigenvalue weighted by molar-refractivity contribution is 7.99. The fourth-order valence-electron chi connectivity index (χ4n) is 3.02. The van der Waals surface area contributed by atoms with Crippen LogP contribution in [0.25, 0.3) is 0 Å². The van der Waals surface area contributed by atoms with E-state index in [1.54, 1.807) is 0 Å². The third-order valence-corrected chi connectivity index (χ3v) is 5.65. The second kappa shape index (κ2) is 8.86. The molecule has 0 spiro atoms. The second-order valence-electron chi connectivity index (χ2n) is 7.11. The van der Waals surface area contributed by atoms with Crippen LogP contribution in [0.15, 0.2) is 29.4 Å². The topological polar surface area (TPSA) is 78.3 Å². The van der Waals surface area contributed by atoms with Crippen LogP contribution in [0, 0.1) is 0 Å². The molecule has 1 aromatic heterocycles. The summed E-state index contributed by atoms with van der Waals surface area (Å²) in [6.45, 7) is 3.49. The summed E-state index contributed by atoms with van der Waals surface area (Å²) in [4.78, 5) is 12.1. The van der Waals surface area contributed by atoms with E-state index in [0.29, 0.717) is 37.5 Å². The zero-order valence-electron chi connectivity index (χ0n) is 16.1. The summed E-state index contributed by atoms with van der Waals surface area (Å²) in [5, 5.41) is 12.5. The van der Waals surface area contributed by atoms with Crippen molar-refractivity contribution in [2.45, 2.75) is 49.7 Å². The van der Waals surface area contributed by atoms with Gasteiger partial charge in [0.2, 0.25) is 5.91 Å². The van der Waals surface area contributed by atoms with Crippen LogP contribution in [0.1, 0.15) is 50.4 Å². The summed E-state index contributed by atoms with van der Waals surface area (Å²) in [5.74, 6) is 3.61. The molecule has 28 heavy (non-hydrogen) atoms. The first kappa shape index (κ1) is 19.1. The molecule has 1 aromatic carbocycles. The van der Waals surface area contributed by atoms with Crippen LogP contribution in [-0.4, -0.2) is 46.2 Å². The van der Waals surface area contributed by atoms with Crippen LogP contribution in [-0.2, 0) is 4.79 Å². The molecule has 2 aliphatic rings. The van der Waals surface area contributed by atoms with Gasteiger partial charge < -0.3 is 19.4 Å². The Labute approximate surface area is 169 Å². The summed E-state index contributed by atoms with van der Waals surface area (Å²) in [5.41, 5.74) is 0. The molecule has 0 aliphatic heterocycles. The van der Waals surface area contributed by atoms with Crippen LogP contribution in [0.3, 0.4) is 0 Å². The predicted molar refractivity (Wildman–Crippen MR) is 107 cm³/mol. The van der Waals surface area contributed by atoms with E-state index in [1.807, 2.05) is 31.2 Å². The van der Waals surface area contributed by atoms with Crippen molar-refractivity contribution in [3.63, 3.8) is 0 Å². The lowest BCUT2D eigenvalue weighted by molar-refractivity contribution is -0.118. The highest BCUT2D eigenvalue weighted by atomic mass is 32.2. The van der Waals surface area contributed by atoms with Crippen molar-refractivity contribution in [2.24, 2.45) is 0 Å². The largest absolute Gasteiger partial charge is 0.494 e. The molecule has 7 nitrogen and oxygen atoms in total. The highest BCUT2D eigenvalue weighted by Gasteiger charge is 2.36. The number of amides is 1. The van der Waals surface area contributed by atoms with Gasteiger partial charge in [-0.25, -0.2) is 0 Å². The van der Waals surface area contributed by atoms with Crippen molar-refractivity contribution >= 4 is 17.7 Å². The van der Waals surface area contributed by atoms with E-state index in [4.69, 9.17) is 9.47 Å². The molecule has 0 saturated heterocycles. The molecular weight excluding hydrogens is 376 g/mol. The van der Waals surface area contributed by atoms with Crippen molar-refractivity contribution in [3.8, 4) is 11.5 Å². The quantitative estimate of drug-likeness (QED) is 0.459. The highest BCUT2D eigenvalue weighted by Crippen LogP contribution is 2.45. The fraction of sp³-hybridized carbons (Fsp3) is 0.550. The van der Waals surface area contributed by atoms with Gasteiger partial charge in [-0.3, -0.25) is 4.79 Å². The Balaban J connectivity index is 1.17. The van der Waals surface area contributed by atoms with E-state index in [-0.39, 0.29) is 5.91 Å². The lowest BCUT2D eigenvalue weighted by atomic mass is 10.3. The normalized spacial score (nSPS) is 16.0. The van der Waals surface area contributed by atoms with E-state index >= 15 is 0 Å². The predicted octanol–water partition coefficient (Wildman–Crippen LogP) is 3.18. The van der Waals surface area contributed by atoms with Crippen molar-refractivity contribution in [1.82, 2.24) is 20.1 Å². The van der Waals surface area contributed by atoms with Crippen LogP contribution in [0.4, 0.5) is 0 Å². The van der Waals surface area contributed by atoms with Gasteiger partial charge in [-0.2, -0.15) is 0 Å². The van der Waals surface area contributed by atoms with Gasteiger partial charge in [-0.15, -0.1) is 10.2 Å². The van der Waals surface area contributed by atoms with Crippen molar-refractivity contribution in [1.29, 1.82) is 0 Å². The number of hydrogen-bond donors (Lipinski definition) is 1. The van der Waals surface area contributed by atoms with Crippen LogP contribution < -0.4 is 14.8 Å². The average Bonchev–Trinajstić information content (AvgIpc) is 3.64. The number of carbonyl (C=O) groups excluding carboxylic acids is 1. The van der Waals surface area contributed by atoms with Crippen molar-refractivity contribution < 1.29 is 14.3 Å². The number of hydrogen-bond acceptors (Lipinski definition) is 6. The zero-order valence-corrected chi connectivity index (χ0v) is 16.9. The number of carbonyl (C=O) groups is 1. The van der Waals surface area contributed by atoms with E-state index < -0.39 is 0 Å². The number of nitrogens with one attached hydrogen (secondary N) is 1. The van der Waals surface area contributed by atoms with Crippen molar-refractivity contribution in [2.75, 3.05) is 25.5 Å². The van der Waals surface area contributed by atoms with Gasteiger partial charge in [0.05, 0.1) is 18.9 Å². The Bertz CT molecular complexity index is 800. The summed E-state index contributed by atoms with van der Waals surface area (Å²) >= 11 is 1.47. The molecular formula is C20H26N4O3S. The van der Waals surface area contributed by atoms with E-state index in [0.717, 1.165) is 22.5 Å². The van der Waals surface area contributed by atoms with E-state index in [1.165, 1.54) is 37.4 Å². The maximum atomic E-state index is 12.1. The lowest BCUT2D eigenvalue weighted by Gasteiger charge is -2.09. The average molecular weight is 403 g/mol. The molecule has 2 aliphatic carbocycles. The molecule has 2 fully saturated rings. The molecule has 0 unspecified atom stereocenters. The monoisotopic (exact) mass is 402 g/mol. The van der Waals surface area contributed by atoms with Crippen LogP contribution >= 0.6 is 11.8 Å². The smallest absolute Gasteiger partial charge is 0.230 e. The Morgan fingerprint density at radius 2 is 1.86 bits per heavy atom. The molecule has 4 rings (SSSR count). The first-order chi connectivity index (χ1) is 13.7. The Hall–Kier alpha value is -2.22. The molecule has 0 atom stereocenters. The minimum atomic E-state index is -0.0152. The number of benzene rings is 1. The van der Waals surface area contributed by atoms with Gasteiger partial charge in [-0.05, 0) is 56.9 Å². The number of rotatable bonds is 11. The standard InChI is InChI=1S/C20H26N4O3S/c1-2-26-16-7-9-17(10-8-16)27-12-11-21-18(25)13-28-20-23-22-19(14-3-4-14)24(20)15-5-6-15/h7-10,14-15H,2-6,11-13H2,1H3,(H,21,25). The minimum Gasteiger partial charge on any atom is -0.494 e. The molecule has 1 heterocycles. The first-order valence-electron chi connectivity index (χ1n) is 9.94. The molecule has 0 radical (unpaired) electrons. The Morgan fingerprint density at radius 1 is 1.14 bits per heavy atom. The number of aromatic nitrogens is 3. The van der Waals surface area contributed by atoms with Crippen LogP contribution in [0.2, 0.25) is 0 Å². The second-order valence-corrected chi connectivity index (χ2v) is 8.05. The SMILES string of the molecule is CCOc1ccc(OCCNC(=O)CSc2nnc(C3CC3)n2C2CC2)cc1. The molecule has 8 heteroatoms. The zero-order chi connectivity index (χ0) is 19.3. The first-order valence-corrected chi connectivity index (χ1v) is 10.9. The molecule has 0 bridgehead atoms. The van der Waals surface area contributed by atoms with E-state index in [9.17, 15) is 4.79 Å². The maximum absolute atomic E-state index is 12.1. The number of nitrogens with zero attached hydrogens (tertiary/aromatic N) is 3. The third kappa shape index (κ3) is 4.98. The van der Waals surface area contributed by atoms with Gasteiger partial charge in [-0.1, -0.05) is 11.8 Å². The molecule has 150 valence electrons. The summed E-state index contributed by atoms with van der Waals surface area (Å²) in [6.07, 6.45) is 4.82. The third-order valence-electron chi connectivity index (χ3n) is 4.71.